The van der Waals surface area contributed by atoms with Crippen molar-refractivity contribution in [3.63, 3.8) is 0 Å². The van der Waals surface area contributed by atoms with E-state index in [1.807, 2.05) is 0 Å². The molecule has 2 fully saturated rings. The van der Waals surface area contributed by atoms with Gasteiger partial charge in [0, 0.05) is 12.8 Å². The van der Waals surface area contributed by atoms with Crippen LogP contribution in [0.4, 0.5) is 4.79 Å². The first-order chi connectivity index (χ1) is 9.04. The van der Waals surface area contributed by atoms with Crippen molar-refractivity contribution in [3.05, 3.63) is 0 Å². The van der Waals surface area contributed by atoms with Crippen molar-refractivity contribution in [2.24, 2.45) is 5.92 Å². The molecule has 7 nitrogen and oxygen atoms in total. The zero-order valence-electron chi connectivity index (χ0n) is 10.6. The van der Waals surface area contributed by atoms with Gasteiger partial charge in [-0.1, -0.05) is 0 Å². The van der Waals surface area contributed by atoms with Crippen molar-refractivity contribution < 1.29 is 19.5 Å². The summed E-state index contributed by atoms with van der Waals surface area (Å²) in [6, 6.07) is -1.28. The maximum absolute atomic E-state index is 12.1. The monoisotopic (exact) mass is 287 g/mol. The molecule has 2 aliphatic rings. The molecule has 19 heavy (non-hydrogen) atoms. The maximum Gasteiger partial charge on any atom is 0.327 e. The number of carbonyl (C=O) groups is 3. The number of carbonyl (C=O) groups excluding carboxylic acids is 2. The van der Waals surface area contributed by atoms with Crippen LogP contribution in [0.1, 0.15) is 12.8 Å². The maximum atomic E-state index is 12.1. The first-order valence-corrected chi connectivity index (χ1v) is 7.20. The summed E-state index contributed by atoms with van der Waals surface area (Å²) in [6.07, 6.45) is 2.06. The fraction of sp³-hybridized carbons (Fsp3) is 0.727. The Kier molecular flexibility index (Phi) is 4.18. The van der Waals surface area contributed by atoms with Gasteiger partial charge in [-0.15, -0.1) is 11.8 Å². The predicted octanol–water partition coefficient (Wildman–Crippen LogP) is -0.320. The van der Waals surface area contributed by atoms with Crippen molar-refractivity contribution in [2.45, 2.75) is 24.3 Å². The Morgan fingerprint density at radius 3 is 2.58 bits per heavy atom. The van der Waals surface area contributed by atoms with Gasteiger partial charge < -0.3 is 15.7 Å². The van der Waals surface area contributed by atoms with Gasteiger partial charge in [-0.25, -0.2) is 9.59 Å². The summed E-state index contributed by atoms with van der Waals surface area (Å²) in [5.74, 6) is -0.509. The summed E-state index contributed by atoms with van der Waals surface area (Å²) in [6.45, 7) is -0.139. The minimum atomic E-state index is -0.995. The number of aliphatic carboxylic acids is 1. The number of nitrogens with one attached hydrogen (secondary N) is 2. The highest BCUT2D eigenvalue weighted by Gasteiger charge is 2.48. The van der Waals surface area contributed by atoms with E-state index in [9.17, 15) is 14.4 Å². The summed E-state index contributed by atoms with van der Waals surface area (Å²) in [5.41, 5.74) is 0. The average molecular weight is 287 g/mol. The highest BCUT2D eigenvalue weighted by molar-refractivity contribution is 8.00. The van der Waals surface area contributed by atoms with Crippen LogP contribution in [0.5, 0.6) is 0 Å². The van der Waals surface area contributed by atoms with Crippen molar-refractivity contribution in [3.8, 4) is 0 Å². The molecule has 1 saturated heterocycles. The molecular weight excluding hydrogens is 270 g/mol. The molecule has 1 aliphatic carbocycles. The van der Waals surface area contributed by atoms with E-state index in [1.165, 1.54) is 23.7 Å². The lowest BCUT2D eigenvalue weighted by Crippen LogP contribution is -2.52. The van der Waals surface area contributed by atoms with Crippen LogP contribution in [-0.4, -0.2) is 58.7 Å². The van der Waals surface area contributed by atoms with E-state index in [0.717, 1.165) is 12.8 Å². The molecular formula is C11H17N3O4S. The van der Waals surface area contributed by atoms with E-state index in [0.29, 0.717) is 11.7 Å². The quantitative estimate of drug-likeness (QED) is 0.658. The van der Waals surface area contributed by atoms with E-state index in [2.05, 4.69) is 10.6 Å². The lowest BCUT2D eigenvalue weighted by Gasteiger charge is -2.27. The molecule has 2 unspecified atom stereocenters. The SMILES string of the molecule is CNC(=O)CNC(=O)N1C(C(=O)O)CSC1C1CC1. The summed E-state index contributed by atoms with van der Waals surface area (Å²) in [4.78, 5) is 35.8. The van der Waals surface area contributed by atoms with Crippen LogP contribution >= 0.6 is 11.8 Å². The Morgan fingerprint density at radius 1 is 1.37 bits per heavy atom. The van der Waals surface area contributed by atoms with Crippen molar-refractivity contribution in [1.82, 2.24) is 15.5 Å². The van der Waals surface area contributed by atoms with Crippen LogP contribution < -0.4 is 10.6 Å². The normalized spacial score (nSPS) is 26.1. The number of urea groups is 1. The van der Waals surface area contributed by atoms with Crippen molar-refractivity contribution in [1.29, 1.82) is 0 Å². The molecule has 0 spiro atoms. The molecule has 0 aromatic carbocycles. The Bertz CT molecular complexity index is 399. The summed E-state index contributed by atoms with van der Waals surface area (Å²) in [7, 11) is 1.48. The minimum Gasteiger partial charge on any atom is -0.480 e. The van der Waals surface area contributed by atoms with Crippen LogP contribution in [0.15, 0.2) is 0 Å². The third-order valence-electron chi connectivity index (χ3n) is 3.26. The van der Waals surface area contributed by atoms with Crippen LogP contribution in [0, 0.1) is 5.92 Å². The van der Waals surface area contributed by atoms with Crippen molar-refractivity contribution in [2.75, 3.05) is 19.3 Å². The lowest BCUT2D eigenvalue weighted by molar-refractivity contribution is -0.141. The Labute approximate surface area is 115 Å². The van der Waals surface area contributed by atoms with Gasteiger partial charge in [0.15, 0.2) is 0 Å². The van der Waals surface area contributed by atoms with E-state index in [1.54, 1.807) is 0 Å². The topological polar surface area (TPSA) is 98.7 Å². The molecule has 8 heteroatoms. The van der Waals surface area contributed by atoms with Gasteiger partial charge in [-0.3, -0.25) is 9.69 Å². The molecule has 106 valence electrons. The summed E-state index contributed by atoms with van der Waals surface area (Å²) < 4.78 is 0. The Hall–Kier alpha value is -1.44. The van der Waals surface area contributed by atoms with Crippen molar-refractivity contribution >= 4 is 29.7 Å². The number of carboxylic acid groups (broad SMARTS) is 1. The molecule has 0 radical (unpaired) electrons. The number of hydrogen-bond acceptors (Lipinski definition) is 4. The van der Waals surface area contributed by atoms with E-state index in [4.69, 9.17) is 5.11 Å². The second kappa shape index (κ2) is 5.68. The van der Waals surface area contributed by atoms with E-state index >= 15 is 0 Å². The third kappa shape index (κ3) is 3.12. The lowest BCUT2D eigenvalue weighted by atomic mass is 10.2. The zero-order valence-corrected chi connectivity index (χ0v) is 11.4. The molecule has 1 aliphatic heterocycles. The van der Waals surface area contributed by atoms with Gasteiger partial charge in [0.1, 0.15) is 6.04 Å². The zero-order chi connectivity index (χ0) is 14.0. The van der Waals surface area contributed by atoms with Gasteiger partial charge in [0.2, 0.25) is 5.91 Å². The van der Waals surface area contributed by atoms with Gasteiger partial charge in [0.25, 0.3) is 0 Å². The fourth-order valence-electron chi connectivity index (χ4n) is 2.06. The number of carboxylic acids is 1. The van der Waals surface area contributed by atoms with Crippen LogP contribution in [0.3, 0.4) is 0 Å². The molecule has 3 amide bonds. The molecule has 0 bridgehead atoms. The van der Waals surface area contributed by atoms with Gasteiger partial charge >= 0.3 is 12.0 Å². The van der Waals surface area contributed by atoms with Crippen LogP contribution in [0.2, 0.25) is 0 Å². The van der Waals surface area contributed by atoms with Gasteiger partial charge in [-0.2, -0.15) is 0 Å². The number of amides is 3. The molecule has 2 atom stereocenters. The molecule has 0 aromatic rings. The Balaban J connectivity index is 2.01. The van der Waals surface area contributed by atoms with E-state index < -0.39 is 18.0 Å². The second-order valence-corrected chi connectivity index (χ2v) is 5.80. The number of rotatable bonds is 4. The summed E-state index contributed by atoms with van der Waals surface area (Å²) in [5, 5.41) is 14.0. The highest BCUT2D eigenvalue weighted by Crippen LogP contribution is 2.45. The van der Waals surface area contributed by atoms with Crippen LogP contribution in [0.25, 0.3) is 0 Å². The highest BCUT2D eigenvalue weighted by atomic mass is 32.2. The smallest absolute Gasteiger partial charge is 0.327 e. The first-order valence-electron chi connectivity index (χ1n) is 6.15. The standard InChI is InChI=1S/C11H17N3O4S/c1-12-8(15)4-13-11(18)14-7(10(16)17)5-19-9(14)6-2-3-6/h6-7,9H,2-5H2,1H3,(H,12,15)(H,13,18)(H,16,17). The minimum absolute atomic E-state index is 0.0780. The Morgan fingerprint density at radius 2 is 2.05 bits per heavy atom. The largest absolute Gasteiger partial charge is 0.480 e. The molecule has 1 heterocycles. The number of nitrogens with zero attached hydrogens (tertiary/aromatic N) is 1. The molecule has 1 saturated carbocycles. The predicted molar refractivity (Wildman–Crippen MR) is 69.7 cm³/mol. The number of thioether (sulfide) groups is 1. The molecule has 2 rings (SSSR count). The first kappa shape index (κ1) is 14.0. The van der Waals surface area contributed by atoms with E-state index in [-0.39, 0.29) is 17.8 Å². The third-order valence-corrected chi connectivity index (χ3v) is 4.72. The van der Waals surface area contributed by atoms with Gasteiger partial charge in [0.05, 0.1) is 11.9 Å². The van der Waals surface area contributed by atoms with Crippen LogP contribution in [-0.2, 0) is 9.59 Å². The number of likely N-dealkylation sites (N-methyl/N-ethyl adjacent to an activating group) is 1. The van der Waals surface area contributed by atoms with Gasteiger partial charge in [-0.05, 0) is 18.8 Å². The summed E-state index contributed by atoms with van der Waals surface area (Å²) >= 11 is 1.51. The second-order valence-electron chi connectivity index (χ2n) is 4.65. The molecule has 0 aromatic heterocycles. The number of hydrogen-bond donors (Lipinski definition) is 3. The molecule has 3 N–H and O–H groups in total. The fourth-order valence-corrected chi connectivity index (χ4v) is 3.69. The average Bonchev–Trinajstić information content (AvgIpc) is 3.13.